The van der Waals surface area contributed by atoms with E-state index in [1.54, 1.807) is 0 Å². The highest BCUT2D eigenvalue weighted by molar-refractivity contribution is 7.99. The normalized spacial score (nSPS) is 10.5. The van der Waals surface area contributed by atoms with E-state index in [4.69, 9.17) is 0 Å². The van der Waals surface area contributed by atoms with Crippen molar-refractivity contribution in [2.24, 2.45) is 0 Å². The summed E-state index contributed by atoms with van der Waals surface area (Å²) < 4.78 is 0. The second kappa shape index (κ2) is 7.97. The van der Waals surface area contributed by atoms with Gasteiger partial charge in [0.15, 0.2) is 5.03 Å². The molecular weight excluding hydrogens is 348 g/mol. The third-order valence-electron chi connectivity index (χ3n) is 3.86. The van der Waals surface area contributed by atoms with Crippen molar-refractivity contribution in [2.45, 2.75) is 30.2 Å². The van der Waals surface area contributed by atoms with Crippen molar-refractivity contribution >= 4 is 29.0 Å². The Morgan fingerprint density at radius 2 is 1.85 bits per heavy atom. The summed E-state index contributed by atoms with van der Waals surface area (Å²) in [5.41, 5.74) is 2.88. The largest absolute Gasteiger partial charge is 0.343 e. The summed E-state index contributed by atoms with van der Waals surface area (Å²) in [7, 11) is 0. The Kier molecular flexibility index (Phi) is 5.48. The molecule has 0 amide bonds. The monoisotopic (exact) mass is 366 g/mol. The topological polar surface area (TPSA) is 81.0 Å². The second-order valence-corrected chi connectivity index (χ2v) is 6.75. The first-order chi connectivity index (χ1) is 12.6. The standard InChI is InChI=1S/C19H18N4O2S/c1-3-14-6-4-5-7-16(14)22-18-17(23(24)25)19(21-12-20-18)26-15-10-8-13(2)9-11-15/h4-12H,3H2,1-2H3,(H,20,21,22). The number of nitrogens with one attached hydrogen (secondary N) is 1. The lowest BCUT2D eigenvalue weighted by Crippen LogP contribution is -2.04. The maximum absolute atomic E-state index is 11.7. The van der Waals surface area contributed by atoms with E-state index in [1.165, 1.54) is 18.1 Å². The van der Waals surface area contributed by atoms with E-state index >= 15 is 0 Å². The Balaban J connectivity index is 1.98. The Hall–Kier alpha value is -2.93. The van der Waals surface area contributed by atoms with Gasteiger partial charge in [0.1, 0.15) is 6.33 Å². The van der Waals surface area contributed by atoms with Gasteiger partial charge in [-0.2, -0.15) is 0 Å². The molecule has 0 aliphatic heterocycles. The van der Waals surface area contributed by atoms with Gasteiger partial charge in [0.2, 0.25) is 5.82 Å². The smallest absolute Gasteiger partial charge is 0.334 e. The molecule has 0 aliphatic rings. The summed E-state index contributed by atoms with van der Waals surface area (Å²) in [4.78, 5) is 20.4. The summed E-state index contributed by atoms with van der Waals surface area (Å²) in [5.74, 6) is 0.195. The van der Waals surface area contributed by atoms with Crippen molar-refractivity contribution in [3.63, 3.8) is 0 Å². The van der Waals surface area contributed by atoms with Crippen molar-refractivity contribution in [3.05, 3.63) is 76.1 Å². The molecule has 0 saturated heterocycles. The van der Waals surface area contributed by atoms with Gasteiger partial charge in [0.25, 0.3) is 0 Å². The number of hydrogen-bond acceptors (Lipinski definition) is 6. The van der Waals surface area contributed by atoms with Gasteiger partial charge >= 0.3 is 5.69 Å². The average Bonchev–Trinajstić information content (AvgIpc) is 2.64. The van der Waals surface area contributed by atoms with Gasteiger partial charge in [-0.1, -0.05) is 54.6 Å². The average molecular weight is 366 g/mol. The molecule has 0 fully saturated rings. The van der Waals surface area contributed by atoms with Gasteiger partial charge in [-0.3, -0.25) is 10.1 Å². The van der Waals surface area contributed by atoms with Gasteiger partial charge in [-0.05, 0) is 37.1 Å². The maximum Gasteiger partial charge on any atom is 0.343 e. The summed E-state index contributed by atoms with van der Waals surface area (Å²) in [5, 5.41) is 15.1. The van der Waals surface area contributed by atoms with Gasteiger partial charge in [-0.15, -0.1) is 0 Å². The SMILES string of the molecule is CCc1ccccc1Nc1ncnc(Sc2ccc(C)cc2)c1[N+](=O)[O-]. The van der Waals surface area contributed by atoms with Crippen LogP contribution in [0.15, 0.2) is 64.8 Å². The zero-order valence-corrected chi connectivity index (χ0v) is 15.3. The molecule has 0 aliphatic carbocycles. The van der Waals surface area contributed by atoms with E-state index in [0.29, 0.717) is 5.03 Å². The van der Waals surface area contributed by atoms with Crippen molar-refractivity contribution in [2.75, 3.05) is 5.32 Å². The van der Waals surface area contributed by atoms with Crippen LogP contribution in [-0.4, -0.2) is 14.9 Å². The van der Waals surface area contributed by atoms with E-state index in [-0.39, 0.29) is 11.5 Å². The number of nitrogens with zero attached hydrogens (tertiary/aromatic N) is 3. The first kappa shape index (κ1) is 17.9. The molecule has 1 aromatic heterocycles. The van der Waals surface area contributed by atoms with Crippen LogP contribution in [-0.2, 0) is 6.42 Å². The number of nitro groups is 1. The zero-order chi connectivity index (χ0) is 18.5. The molecule has 26 heavy (non-hydrogen) atoms. The number of aryl methyl sites for hydroxylation is 2. The predicted molar refractivity (Wildman–Crippen MR) is 103 cm³/mol. The Bertz CT molecular complexity index is 929. The van der Waals surface area contributed by atoms with Gasteiger partial charge in [0, 0.05) is 10.6 Å². The minimum Gasteiger partial charge on any atom is -0.334 e. The first-order valence-electron chi connectivity index (χ1n) is 8.17. The first-order valence-corrected chi connectivity index (χ1v) is 8.99. The molecule has 0 bridgehead atoms. The highest BCUT2D eigenvalue weighted by atomic mass is 32.2. The highest BCUT2D eigenvalue weighted by Gasteiger charge is 2.24. The zero-order valence-electron chi connectivity index (χ0n) is 14.5. The second-order valence-electron chi connectivity index (χ2n) is 5.68. The molecule has 0 atom stereocenters. The molecule has 3 aromatic rings. The van der Waals surface area contributed by atoms with Crippen LogP contribution < -0.4 is 5.32 Å². The summed E-state index contributed by atoms with van der Waals surface area (Å²) in [6.45, 7) is 4.03. The van der Waals surface area contributed by atoms with Crippen molar-refractivity contribution in [1.29, 1.82) is 0 Å². The van der Waals surface area contributed by atoms with Crippen molar-refractivity contribution < 1.29 is 4.92 Å². The third-order valence-corrected chi connectivity index (χ3v) is 4.86. The van der Waals surface area contributed by atoms with Crippen LogP contribution in [0.4, 0.5) is 17.2 Å². The molecule has 1 heterocycles. The Labute approximate surface area is 155 Å². The molecule has 6 nitrogen and oxygen atoms in total. The number of aromatic nitrogens is 2. The number of hydrogen-bond donors (Lipinski definition) is 1. The van der Waals surface area contributed by atoms with Crippen LogP contribution in [0.3, 0.4) is 0 Å². The number of anilines is 2. The maximum atomic E-state index is 11.7. The molecular formula is C19H18N4O2S. The van der Waals surface area contributed by atoms with Crippen molar-refractivity contribution in [1.82, 2.24) is 9.97 Å². The molecule has 2 aromatic carbocycles. The Morgan fingerprint density at radius 1 is 1.12 bits per heavy atom. The molecule has 3 rings (SSSR count). The molecule has 0 saturated carbocycles. The minimum absolute atomic E-state index is 0.121. The lowest BCUT2D eigenvalue weighted by Gasteiger charge is -2.11. The molecule has 0 radical (unpaired) electrons. The van der Waals surface area contributed by atoms with E-state index in [0.717, 1.165) is 28.1 Å². The quantitative estimate of drug-likeness (QED) is 0.369. The van der Waals surface area contributed by atoms with Gasteiger partial charge < -0.3 is 5.32 Å². The van der Waals surface area contributed by atoms with Crippen LogP contribution in [0.1, 0.15) is 18.1 Å². The lowest BCUT2D eigenvalue weighted by molar-refractivity contribution is -0.387. The number of para-hydroxylation sites is 1. The van der Waals surface area contributed by atoms with Crippen LogP contribution in [0.2, 0.25) is 0 Å². The van der Waals surface area contributed by atoms with Crippen LogP contribution in [0.5, 0.6) is 0 Å². The van der Waals surface area contributed by atoms with E-state index in [2.05, 4.69) is 15.3 Å². The number of rotatable bonds is 6. The minimum atomic E-state index is -0.437. The molecule has 0 unspecified atom stereocenters. The lowest BCUT2D eigenvalue weighted by atomic mass is 10.1. The van der Waals surface area contributed by atoms with Crippen LogP contribution in [0.25, 0.3) is 0 Å². The van der Waals surface area contributed by atoms with Gasteiger partial charge in [-0.25, -0.2) is 9.97 Å². The van der Waals surface area contributed by atoms with Gasteiger partial charge in [0.05, 0.1) is 4.92 Å². The predicted octanol–water partition coefficient (Wildman–Crippen LogP) is 5.15. The Morgan fingerprint density at radius 3 is 2.54 bits per heavy atom. The molecule has 1 N–H and O–H groups in total. The highest BCUT2D eigenvalue weighted by Crippen LogP contribution is 2.37. The fourth-order valence-corrected chi connectivity index (χ4v) is 3.35. The number of benzene rings is 2. The van der Waals surface area contributed by atoms with Crippen LogP contribution >= 0.6 is 11.8 Å². The summed E-state index contributed by atoms with van der Waals surface area (Å²) >= 11 is 1.25. The van der Waals surface area contributed by atoms with E-state index < -0.39 is 4.92 Å². The van der Waals surface area contributed by atoms with E-state index in [9.17, 15) is 10.1 Å². The fourth-order valence-electron chi connectivity index (χ4n) is 2.49. The third kappa shape index (κ3) is 4.00. The summed E-state index contributed by atoms with van der Waals surface area (Å²) in [6, 6.07) is 15.5. The van der Waals surface area contributed by atoms with Crippen molar-refractivity contribution in [3.8, 4) is 0 Å². The molecule has 132 valence electrons. The van der Waals surface area contributed by atoms with E-state index in [1.807, 2.05) is 62.4 Å². The van der Waals surface area contributed by atoms with Crippen LogP contribution in [0, 0.1) is 17.0 Å². The molecule has 7 heteroatoms. The fraction of sp³-hybridized carbons (Fsp3) is 0.158. The summed E-state index contributed by atoms with van der Waals surface area (Å²) in [6.07, 6.45) is 2.16. The molecule has 0 spiro atoms.